The lowest BCUT2D eigenvalue weighted by Gasteiger charge is -2.19. The van der Waals surface area contributed by atoms with Crippen molar-refractivity contribution < 1.29 is 18.7 Å². The van der Waals surface area contributed by atoms with Crippen LogP contribution in [0.25, 0.3) is 17.1 Å². The number of ketones is 1. The van der Waals surface area contributed by atoms with E-state index in [2.05, 4.69) is 15.5 Å². The number of aromatic nitrogens is 3. The predicted molar refractivity (Wildman–Crippen MR) is 132 cm³/mol. The number of ether oxygens (including phenoxy) is 1. The highest BCUT2D eigenvalue weighted by molar-refractivity contribution is 8.00. The fourth-order valence-electron chi connectivity index (χ4n) is 3.77. The molecule has 7 nitrogen and oxygen atoms in total. The molecule has 1 aliphatic rings. The lowest BCUT2D eigenvalue weighted by Crippen LogP contribution is -2.25. The van der Waals surface area contributed by atoms with Crippen molar-refractivity contribution in [3.63, 3.8) is 0 Å². The minimum Gasteiger partial charge on any atom is -0.482 e. The molecule has 4 aromatic rings. The summed E-state index contributed by atoms with van der Waals surface area (Å²) in [6.45, 7) is 3.71. The van der Waals surface area contributed by atoms with Crippen molar-refractivity contribution in [3.05, 3.63) is 83.7 Å². The second kappa shape index (κ2) is 9.34. The van der Waals surface area contributed by atoms with Gasteiger partial charge in [-0.25, -0.2) is 4.39 Å². The molecule has 0 saturated heterocycles. The van der Waals surface area contributed by atoms with Gasteiger partial charge in [0, 0.05) is 11.3 Å². The van der Waals surface area contributed by atoms with Gasteiger partial charge in [0.15, 0.2) is 23.4 Å². The van der Waals surface area contributed by atoms with Crippen molar-refractivity contribution in [2.45, 2.75) is 24.3 Å². The largest absolute Gasteiger partial charge is 0.482 e. The highest BCUT2D eigenvalue weighted by Gasteiger charge is 2.25. The highest BCUT2D eigenvalue weighted by Crippen LogP contribution is 2.34. The fraction of sp³-hybridized carbons (Fsp3) is 0.154. The summed E-state index contributed by atoms with van der Waals surface area (Å²) in [7, 11) is 0. The van der Waals surface area contributed by atoms with Crippen LogP contribution in [0.15, 0.2) is 71.9 Å². The zero-order chi connectivity index (χ0) is 24.5. The summed E-state index contributed by atoms with van der Waals surface area (Å²) >= 11 is 1.23. The summed E-state index contributed by atoms with van der Waals surface area (Å²) in [4.78, 5) is 24.9. The lowest BCUT2D eigenvalue weighted by atomic mass is 10.1. The maximum absolute atomic E-state index is 14.6. The number of halogens is 1. The predicted octanol–water partition coefficient (Wildman–Crippen LogP) is 5.08. The fourth-order valence-corrected chi connectivity index (χ4v) is 4.72. The number of hydrogen-bond acceptors (Lipinski definition) is 6. The van der Waals surface area contributed by atoms with Gasteiger partial charge in [-0.3, -0.25) is 14.2 Å². The van der Waals surface area contributed by atoms with Gasteiger partial charge in [-0.2, -0.15) is 0 Å². The van der Waals surface area contributed by atoms with E-state index in [1.807, 2.05) is 31.2 Å². The zero-order valence-corrected chi connectivity index (χ0v) is 19.8. The molecule has 1 amide bonds. The first-order valence-electron chi connectivity index (χ1n) is 11.0. The summed E-state index contributed by atoms with van der Waals surface area (Å²) in [5.41, 5.74) is 3.06. The number of carbonyl (C=O) groups excluding carboxylic acids is 2. The number of Topliss-reactive ketones (excluding diaryl/α,β-unsaturated/α-hetero) is 1. The number of fused-ring (bicyclic) bond motifs is 1. The van der Waals surface area contributed by atoms with Crippen LogP contribution in [0.5, 0.6) is 5.75 Å². The van der Waals surface area contributed by atoms with Crippen LogP contribution in [0.1, 0.15) is 22.8 Å². The van der Waals surface area contributed by atoms with Crippen LogP contribution in [-0.4, -0.2) is 38.3 Å². The monoisotopic (exact) mass is 488 g/mol. The molecular formula is C26H21FN4O3S. The molecule has 5 rings (SSSR count). The number of hydrogen-bond donors (Lipinski definition) is 1. The number of amides is 1. The lowest BCUT2D eigenvalue weighted by molar-refractivity contribution is -0.118. The van der Waals surface area contributed by atoms with Crippen molar-refractivity contribution in [1.29, 1.82) is 0 Å². The van der Waals surface area contributed by atoms with E-state index in [9.17, 15) is 14.0 Å². The van der Waals surface area contributed by atoms with Crippen LogP contribution in [0.3, 0.4) is 0 Å². The maximum Gasteiger partial charge on any atom is 0.262 e. The third-order valence-electron chi connectivity index (χ3n) is 5.59. The minimum absolute atomic E-state index is 0.0500. The van der Waals surface area contributed by atoms with Crippen molar-refractivity contribution in [2.75, 3.05) is 11.9 Å². The third-order valence-corrected chi connectivity index (χ3v) is 6.63. The average molecular weight is 489 g/mol. The van der Waals surface area contributed by atoms with Crippen LogP contribution in [-0.2, 0) is 4.79 Å². The smallest absolute Gasteiger partial charge is 0.262 e. The molecule has 1 N–H and O–H groups in total. The number of nitrogens with one attached hydrogen (secondary N) is 1. The van der Waals surface area contributed by atoms with Gasteiger partial charge in [-0.1, -0.05) is 41.6 Å². The SMILES string of the molecule is Cc1ccc(-n2c(SC(C)C(=O)c3ccc4c(c3)NC(=O)CO4)nnc2-c2ccccc2F)cc1. The number of benzene rings is 3. The Labute approximate surface area is 205 Å². The maximum atomic E-state index is 14.6. The minimum atomic E-state index is -0.532. The van der Waals surface area contributed by atoms with Gasteiger partial charge in [0.25, 0.3) is 5.91 Å². The van der Waals surface area contributed by atoms with E-state index in [1.54, 1.807) is 47.9 Å². The van der Waals surface area contributed by atoms with E-state index >= 15 is 0 Å². The summed E-state index contributed by atoms with van der Waals surface area (Å²) in [5, 5.41) is 11.2. The first-order valence-corrected chi connectivity index (χ1v) is 11.8. The summed E-state index contributed by atoms with van der Waals surface area (Å²) in [6.07, 6.45) is 0. The Morgan fingerprint density at radius 1 is 1.11 bits per heavy atom. The first-order chi connectivity index (χ1) is 16.9. The molecule has 0 fully saturated rings. The number of rotatable bonds is 6. The van der Waals surface area contributed by atoms with Crippen LogP contribution >= 0.6 is 11.8 Å². The Morgan fingerprint density at radius 2 is 1.89 bits per heavy atom. The van der Waals surface area contributed by atoms with Crippen LogP contribution in [0.4, 0.5) is 10.1 Å². The summed E-state index contributed by atoms with van der Waals surface area (Å²) in [5.74, 6) is 0.0463. The zero-order valence-electron chi connectivity index (χ0n) is 19.0. The molecule has 9 heteroatoms. The van der Waals surface area contributed by atoms with Crippen molar-refractivity contribution in [2.24, 2.45) is 0 Å². The van der Waals surface area contributed by atoms with Crippen LogP contribution in [0, 0.1) is 12.7 Å². The molecule has 0 saturated carbocycles. The molecule has 176 valence electrons. The Kier molecular flexibility index (Phi) is 6.08. The second-order valence-electron chi connectivity index (χ2n) is 8.13. The Hall–Kier alpha value is -3.98. The van der Waals surface area contributed by atoms with E-state index in [0.717, 1.165) is 11.3 Å². The molecule has 0 bridgehead atoms. The van der Waals surface area contributed by atoms with Crippen molar-refractivity contribution >= 4 is 29.1 Å². The molecule has 0 spiro atoms. The van der Waals surface area contributed by atoms with Crippen LogP contribution < -0.4 is 10.1 Å². The molecular weight excluding hydrogens is 467 g/mol. The summed E-state index contributed by atoms with van der Waals surface area (Å²) < 4.78 is 21.8. The Balaban J connectivity index is 1.49. The molecule has 0 radical (unpaired) electrons. The molecule has 1 atom stereocenters. The molecule has 1 unspecified atom stereocenters. The van der Waals surface area contributed by atoms with Gasteiger partial charge in [0.05, 0.1) is 16.5 Å². The Morgan fingerprint density at radius 3 is 2.66 bits per heavy atom. The number of carbonyl (C=O) groups is 2. The first kappa shape index (κ1) is 22.8. The quantitative estimate of drug-likeness (QED) is 0.301. The van der Waals surface area contributed by atoms with Gasteiger partial charge < -0.3 is 10.1 Å². The van der Waals surface area contributed by atoms with Gasteiger partial charge >= 0.3 is 0 Å². The van der Waals surface area contributed by atoms with Gasteiger partial charge in [0.1, 0.15) is 11.6 Å². The number of anilines is 1. The molecule has 1 aliphatic heterocycles. The number of nitrogens with zero attached hydrogens (tertiary/aromatic N) is 3. The third kappa shape index (κ3) is 4.54. The van der Waals surface area contributed by atoms with E-state index in [1.165, 1.54) is 17.8 Å². The average Bonchev–Trinajstić information content (AvgIpc) is 3.26. The highest BCUT2D eigenvalue weighted by atomic mass is 32.2. The topological polar surface area (TPSA) is 86.1 Å². The van der Waals surface area contributed by atoms with Crippen molar-refractivity contribution in [3.8, 4) is 22.8 Å². The Bertz CT molecular complexity index is 1440. The molecule has 3 aromatic carbocycles. The molecule has 0 aliphatic carbocycles. The standard InChI is InChI=1S/C26H21FN4O3S/c1-15-7-10-18(11-8-15)31-25(19-5-3-4-6-20(19)27)29-30-26(31)35-16(2)24(33)17-9-12-22-21(13-17)28-23(32)14-34-22/h3-13,16H,14H2,1-2H3,(H,28,32). The van der Waals surface area contributed by atoms with E-state index in [-0.39, 0.29) is 18.3 Å². The van der Waals surface area contributed by atoms with E-state index in [0.29, 0.717) is 33.5 Å². The van der Waals surface area contributed by atoms with Gasteiger partial charge in [0.2, 0.25) is 0 Å². The van der Waals surface area contributed by atoms with E-state index in [4.69, 9.17) is 4.74 Å². The normalized spacial score (nSPS) is 13.5. The van der Waals surface area contributed by atoms with Gasteiger partial charge in [-0.15, -0.1) is 10.2 Å². The molecule has 35 heavy (non-hydrogen) atoms. The summed E-state index contributed by atoms with van der Waals surface area (Å²) in [6, 6.07) is 19.1. The second-order valence-corrected chi connectivity index (χ2v) is 9.44. The molecule has 2 heterocycles. The van der Waals surface area contributed by atoms with E-state index < -0.39 is 11.1 Å². The molecule has 1 aromatic heterocycles. The van der Waals surface area contributed by atoms with Gasteiger partial charge in [-0.05, 0) is 56.3 Å². The number of aryl methyl sites for hydroxylation is 1. The van der Waals surface area contributed by atoms with Crippen LogP contribution in [0.2, 0.25) is 0 Å². The van der Waals surface area contributed by atoms with Crippen molar-refractivity contribution in [1.82, 2.24) is 14.8 Å². The number of thioether (sulfide) groups is 1.